The molecule has 76 heavy (non-hydrogen) atoms. The molecule has 1 aromatic heterocycles. The highest BCUT2D eigenvalue weighted by Gasteiger charge is 2.59. The lowest BCUT2D eigenvalue weighted by atomic mass is 9.73. The van der Waals surface area contributed by atoms with Gasteiger partial charge in [-0.25, -0.2) is 18.8 Å². The number of aromatic nitrogens is 1. The minimum absolute atomic E-state index is 0.0541. The van der Waals surface area contributed by atoms with Gasteiger partial charge in [0, 0.05) is 81.3 Å². The number of aromatic carboxylic acids is 1. The number of hydrogen-bond donors (Lipinski definition) is 3. The second-order valence-electron chi connectivity index (χ2n) is 22.3. The van der Waals surface area contributed by atoms with E-state index in [4.69, 9.17) is 38.0 Å². The van der Waals surface area contributed by atoms with Gasteiger partial charge in [0.25, 0.3) is 0 Å². The van der Waals surface area contributed by atoms with Crippen LogP contribution in [0.25, 0.3) is 10.9 Å². The van der Waals surface area contributed by atoms with Crippen molar-refractivity contribution in [2.45, 2.75) is 167 Å². The number of esters is 1. The molecule has 424 valence electrons. The minimum atomic E-state index is -1.45. The Hall–Kier alpha value is -5.13. The normalized spacial score (nSPS) is 34.5. The molecule has 4 saturated heterocycles. The van der Waals surface area contributed by atoms with E-state index in [1.165, 1.54) is 20.4 Å². The van der Waals surface area contributed by atoms with E-state index in [9.17, 15) is 34.2 Å². The third-order valence-corrected chi connectivity index (χ3v) is 16.6. The second kappa shape index (κ2) is 24.3. The molecule has 0 unspecified atom stereocenters. The molecule has 1 aromatic carbocycles. The summed E-state index contributed by atoms with van der Waals surface area (Å²) >= 11 is 0. The summed E-state index contributed by atoms with van der Waals surface area (Å²) in [6, 6.07) is 2.57. The number of ether oxygens (including phenoxy) is 7. The number of hydrogen-bond acceptors (Lipinski definition) is 18. The molecule has 7 rings (SSSR count). The first-order valence-corrected chi connectivity index (χ1v) is 26.9. The molecule has 21 nitrogen and oxygen atoms in total. The van der Waals surface area contributed by atoms with E-state index < -0.39 is 107 Å². The van der Waals surface area contributed by atoms with Crippen LogP contribution in [0.2, 0.25) is 0 Å². The largest absolute Gasteiger partial charge is 0.509 e. The molecule has 3 N–H and O–H groups in total. The quantitative estimate of drug-likeness (QED) is 0.0808. The Balaban J connectivity index is 1.07. The predicted molar refractivity (Wildman–Crippen MR) is 278 cm³/mol. The maximum atomic E-state index is 15.7. The summed E-state index contributed by atoms with van der Waals surface area (Å²) in [5.41, 5.74) is -2.37. The van der Waals surface area contributed by atoms with E-state index in [-0.39, 0.29) is 48.5 Å². The number of aliphatic hydroxyl groups excluding tert-OH is 1. The maximum Gasteiger partial charge on any atom is 0.509 e. The lowest BCUT2D eigenvalue weighted by Crippen LogP contribution is -2.60. The number of carboxylic acid groups (broad SMARTS) is 1. The highest BCUT2D eigenvalue weighted by Crippen LogP contribution is 2.44. The zero-order valence-corrected chi connectivity index (χ0v) is 46.2. The fourth-order valence-corrected chi connectivity index (χ4v) is 12.1. The number of cyclic esters (lactones) is 1. The Bertz CT molecular complexity index is 2500. The fraction of sp³-hybridized carbons (Fsp3) is 0.741. The third-order valence-electron chi connectivity index (χ3n) is 16.6. The summed E-state index contributed by atoms with van der Waals surface area (Å²) in [4.78, 5) is 78.0. The molecular weight excluding hydrogens is 992 g/mol. The van der Waals surface area contributed by atoms with E-state index in [0.29, 0.717) is 68.9 Å². The van der Waals surface area contributed by atoms with Gasteiger partial charge < -0.3 is 67.9 Å². The monoisotopic (exact) mass is 1070 g/mol. The molecule has 0 spiro atoms. The number of carboxylic acids is 1. The van der Waals surface area contributed by atoms with Crippen molar-refractivity contribution in [2.75, 3.05) is 72.5 Å². The maximum absolute atomic E-state index is 15.7. The number of benzene rings is 1. The van der Waals surface area contributed by atoms with Crippen molar-refractivity contribution in [1.29, 1.82) is 0 Å². The van der Waals surface area contributed by atoms with Crippen molar-refractivity contribution < 1.29 is 71.8 Å². The van der Waals surface area contributed by atoms with Gasteiger partial charge in [-0.15, -0.1) is 0 Å². The standard InChI is InChI=1S/C54H81FN6O15/c1-13-41-54(8)47(75-52(68)76-54)31(4)42(57-70-12)29(2)27-53(7,69-11)46(74-50-44(63)40(58(9)10)24-30(3)71-50)32(5)45(33(6)49(66)72-41)73-51(67)56-18-14-15-19-59-20-22-60(23-21-59)39-26-38-35(25-37(39)55)43(62)36(48(64)65)28-61(38)34-16-17-34/h25-26,28-34,40-41,44-47,50,63H,13-24,27H2,1-12H3,(H,56,67)(H,64,65)/b57-42+/t29-,30-,31+,32+,33-,40+,41-,44-,45+,46-,47-,50+,53-,54-/m1/s1. The van der Waals surface area contributed by atoms with Crippen LogP contribution < -0.4 is 15.6 Å². The Kier molecular flexibility index (Phi) is 18.7. The minimum Gasteiger partial charge on any atom is -0.477 e. The first-order valence-electron chi connectivity index (χ1n) is 26.9. The number of pyridine rings is 1. The summed E-state index contributed by atoms with van der Waals surface area (Å²) < 4.78 is 61.4. The first kappa shape index (κ1) is 58.6. The van der Waals surface area contributed by atoms with Gasteiger partial charge in [-0.2, -0.15) is 0 Å². The molecule has 1 aliphatic carbocycles. The number of carbonyl (C=O) groups is 4. The zero-order valence-electron chi connectivity index (χ0n) is 46.2. The van der Waals surface area contributed by atoms with Crippen molar-refractivity contribution in [3.63, 3.8) is 0 Å². The summed E-state index contributed by atoms with van der Waals surface area (Å²) in [7, 11) is 6.71. The lowest BCUT2D eigenvalue weighted by molar-refractivity contribution is -0.301. The number of aliphatic hydroxyl groups is 1. The molecule has 0 bridgehead atoms. The van der Waals surface area contributed by atoms with Crippen molar-refractivity contribution in [2.24, 2.45) is 28.8 Å². The smallest absolute Gasteiger partial charge is 0.477 e. The molecule has 1 amide bonds. The van der Waals surface area contributed by atoms with Crippen LogP contribution in [-0.4, -0.2) is 182 Å². The summed E-state index contributed by atoms with van der Waals surface area (Å²) in [6.07, 6.45) is -3.06. The Labute approximate surface area is 444 Å². The predicted octanol–water partition coefficient (Wildman–Crippen LogP) is 5.95. The highest BCUT2D eigenvalue weighted by molar-refractivity contribution is 5.94. The Morgan fingerprint density at radius 1 is 0.987 bits per heavy atom. The van der Waals surface area contributed by atoms with Gasteiger partial charge >= 0.3 is 24.2 Å². The van der Waals surface area contributed by atoms with E-state index in [1.807, 2.05) is 51.6 Å². The molecule has 1 saturated carbocycles. The second-order valence-corrected chi connectivity index (χ2v) is 22.3. The summed E-state index contributed by atoms with van der Waals surface area (Å²) in [5.74, 6) is -5.63. The molecule has 4 aliphatic heterocycles. The number of anilines is 1. The number of methoxy groups -OCH3 is 1. The van der Waals surface area contributed by atoms with Gasteiger partial charge in [0.1, 0.15) is 36.8 Å². The van der Waals surface area contributed by atoms with Crippen LogP contribution in [0.3, 0.4) is 0 Å². The number of nitrogens with zero attached hydrogens (tertiary/aromatic N) is 5. The van der Waals surface area contributed by atoms with E-state index >= 15 is 4.39 Å². The number of likely N-dealkylation sites (N-methyl/N-ethyl adjacent to an activating group) is 1. The number of fused-ring (bicyclic) bond motifs is 2. The van der Waals surface area contributed by atoms with Gasteiger partial charge in [0.15, 0.2) is 18.0 Å². The van der Waals surface area contributed by atoms with E-state index in [1.54, 1.807) is 38.3 Å². The van der Waals surface area contributed by atoms with Crippen molar-refractivity contribution in [3.05, 3.63) is 39.9 Å². The number of rotatable bonds is 15. The number of amides is 1. The SMILES string of the molecule is CC[C@H]1OC(=O)[C@H](C)[C@@H](OC(=O)NCCCCN2CCN(c3cc4c(cc3F)c(=O)c(C(=O)O)cn4C3CC3)CC2)[C@H](C)[C@@H](O[C@@H]2O[C@H](C)C[C@H](N(C)C)[C@H]2O)[C@](C)(OC)C[C@@H](C)/C(=N\OC)[C@H](C)[C@H]2OC(=O)O[C@@]21C. The van der Waals surface area contributed by atoms with Crippen LogP contribution in [0.5, 0.6) is 0 Å². The highest BCUT2D eigenvalue weighted by atomic mass is 19.1. The number of unbranched alkanes of at least 4 members (excludes halogenated alkanes) is 1. The molecule has 22 heteroatoms. The molecule has 5 fully saturated rings. The van der Waals surface area contributed by atoms with Crippen molar-refractivity contribution in [1.82, 2.24) is 19.7 Å². The first-order chi connectivity index (χ1) is 36.0. The van der Waals surface area contributed by atoms with Crippen LogP contribution in [0.15, 0.2) is 28.3 Å². The average molecular weight is 1070 g/mol. The van der Waals surface area contributed by atoms with Gasteiger partial charge in [-0.3, -0.25) is 14.5 Å². The molecule has 0 radical (unpaired) electrons. The van der Waals surface area contributed by atoms with Gasteiger partial charge in [0.2, 0.25) is 5.43 Å². The number of nitrogens with one attached hydrogen (secondary N) is 1. The van der Waals surface area contributed by atoms with Crippen LogP contribution in [0.1, 0.15) is 117 Å². The Morgan fingerprint density at radius 3 is 2.30 bits per heavy atom. The lowest BCUT2D eigenvalue weighted by Gasteiger charge is -2.48. The van der Waals surface area contributed by atoms with Crippen LogP contribution in [0.4, 0.5) is 19.7 Å². The Morgan fingerprint density at radius 2 is 1.68 bits per heavy atom. The van der Waals surface area contributed by atoms with Gasteiger partial charge in [0.05, 0.1) is 40.6 Å². The van der Waals surface area contributed by atoms with Crippen molar-refractivity contribution in [3.8, 4) is 0 Å². The molecule has 5 aliphatic rings. The van der Waals surface area contributed by atoms with Crippen LogP contribution in [-0.2, 0) is 42.8 Å². The van der Waals surface area contributed by atoms with Crippen molar-refractivity contribution >= 4 is 46.5 Å². The topological polar surface area (TPSA) is 239 Å². The molecule has 14 atom stereocenters. The van der Waals surface area contributed by atoms with Gasteiger partial charge in [-0.1, -0.05) is 32.9 Å². The number of halogens is 1. The number of carbonyl (C=O) groups excluding carboxylic acids is 3. The number of piperazine rings is 1. The average Bonchev–Trinajstić information content (AvgIpc) is 4.18. The zero-order chi connectivity index (χ0) is 55.6. The fourth-order valence-electron chi connectivity index (χ4n) is 12.1. The third kappa shape index (κ3) is 12.4. The number of oxime groups is 1. The van der Waals surface area contributed by atoms with Crippen LogP contribution in [0, 0.1) is 29.5 Å². The van der Waals surface area contributed by atoms with E-state index in [2.05, 4.69) is 15.4 Å². The summed E-state index contributed by atoms with van der Waals surface area (Å²) in [6.45, 7) is 17.7. The summed E-state index contributed by atoms with van der Waals surface area (Å²) in [5, 5.41) is 28.8. The molecular formula is C54H81FN6O15. The van der Waals surface area contributed by atoms with E-state index in [0.717, 1.165) is 18.9 Å². The number of alkyl carbamates (subject to hydrolysis) is 1. The molecule has 5 heterocycles. The van der Waals surface area contributed by atoms with Gasteiger partial charge in [-0.05, 0) is 105 Å². The van der Waals surface area contributed by atoms with Crippen LogP contribution >= 0.6 is 0 Å². The molecule has 2 aromatic rings.